The fraction of sp³-hybridized carbons (Fsp3) is 0.750. The van der Waals surface area contributed by atoms with E-state index < -0.39 is 0 Å². The average Bonchev–Trinajstić information content (AvgIpc) is 2.45. The monoisotopic (exact) mass is 294 g/mol. The minimum absolute atomic E-state index is 0.284. The zero-order chi connectivity index (χ0) is 15.7. The summed E-state index contributed by atoms with van der Waals surface area (Å²) in [5.41, 5.74) is 1.16. The Morgan fingerprint density at radius 3 is 2.43 bits per heavy atom. The smallest absolute Gasteiger partial charge is 0.135 e. The maximum Gasteiger partial charge on any atom is 0.135 e. The third kappa shape index (κ3) is 5.50. The van der Waals surface area contributed by atoms with Crippen LogP contribution in [0.3, 0.4) is 0 Å². The molecular weight excluding hydrogens is 264 g/mol. The molecule has 0 aliphatic carbocycles. The molecule has 2 N–H and O–H groups in total. The molecule has 1 heterocycles. The largest absolute Gasteiger partial charge is 0.383 e. The number of anilines is 2. The summed E-state index contributed by atoms with van der Waals surface area (Å²) in [4.78, 5) is 8.86. The van der Waals surface area contributed by atoms with Gasteiger partial charge in [-0.05, 0) is 18.8 Å². The maximum absolute atomic E-state index is 5.30. The molecule has 0 bridgehead atoms. The lowest BCUT2D eigenvalue weighted by Crippen LogP contribution is -2.26. The van der Waals surface area contributed by atoms with Gasteiger partial charge in [-0.1, -0.05) is 34.1 Å². The standard InChI is InChI=1S/C16H30N4O/c1-6-8-13(10-21-5)20-16-14(12(3)4)15(17-9-7-2)18-11-19-16/h11-13H,6-10H2,1-5H3,(H2,17,18,19,20). The third-order valence-electron chi connectivity index (χ3n) is 3.35. The van der Waals surface area contributed by atoms with Gasteiger partial charge < -0.3 is 15.4 Å². The predicted octanol–water partition coefficient (Wildman–Crippen LogP) is 3.65. The summed E-state index contributed by atoms with van der Waals surface area (Å²) in [7, 11) is 1.74. The topological polar surface area (TPSA) is 59.1 Å². The van der Waals surface area contributed by atoms with Crippen LogP contribution in [0.1, 0.15) is 58.4 Å². The van der Waals surface area contributed by atoms with Gasteiger partial charge in [0.2, 0.25) is 0 Å². The van der Waals surface area contributed by atoms with Crippen molar-refractivity contribution in [3.8, 4) is 0 Å². The molecule has 0 aromatic carbocycles. The number of nitrogens with one attached hydrogen (secondary N) is 2. The first-order valence-electron chi connectivity index (χ1n) is 7.98. The lowest BCUT2D eigenvalue weighted by atomic mass is 10.0. The SMILES string of the molecule is CCCNc1ncnc(NC(CCC)COC)c1C(C)C. The summed E-state index contributed by atoms with van der Waals surface area (Å²) in [6.07, 6.45) is 4.88. The molecule has 0 amide bonds. The van der Waals surface area contributed by atoms with E-state index in [0.717, 1.165) is 43.0 Å². The number of nitrogens with zero attached hydrogens (tertiary/aromatic N) is 2. The summed E-state index contributed by atoms with van der Waals surface area (Å²) < 4.78 is 5.30. The molecule has 0 fully saturated rings. The molecule has 0 spiro atoms. The van der Waals surface area contributed by atoms with E-state index >= 15 is 0 Å². The zero-order valence-corrected chi connectivity index (χ0v) is 14.1. The second kappa shape index (κ2) is 9.55. The fourth-order valence-electron chi connectivity index (χ4n) is 2.38. The van der Waals surface area contributed by atoms with Crippen molar-refractivity contribution < 1.29 is 4.74 Å². The van der Waals surface area contributed by atoms with E-state index in [2.05, 4.69) is 48.3 Å². The van der Waals surface area contributed by atoms with Crippen LogP contribution < -0.4 is 10.6 Å². The Morgan fingerprint density at radius 1 is 1.14 bits per heavy atom. The van der Waals surface area contributed by atoms with E-state index in [9.17, 15) is 0 Å². The zero-order valence-electron chi connectivity index (χ0n) is 14.1. The summed E-state index contributed by atoms with van der Waals surface area (Å²) in [6, 6.07) is 0.284. The Labute approximate surface area is 128 Å². The minimum atomic E-state index is 0.284. The molecule has 0 radical (unpaired) electrons. The van der Waals surface area contributed by atoms with Crippen molar-refractivity contribution in [2.75, 3.05) is 30.9 Å². The highest BCUT2D eigenvalue weighted by Crippen LogP contribution is 2.29. The van der Waals surface area contributed by atoms with Crippen LogP contribution in [-0.4, -0.2) is 36.3 Å². The average molecular weight is 294 g/mol. The van der Waals surface area contributed by atoms with Crippen molar-refractivity contribution in [2.24, 2.45) is 0 Å². The highest BCUT2D eigenvalue weighted by Gasteiger charge is 2.17. The normalized spacial score (nSPS) is 12.5. The molecule has 1 atom stereocenters. The van der Waals surface area contributed by atoms with Gasteiger partial charge in [0.05, 0.1) is 12.6 Å². The first kappa shape index (κ1) is 17.7. The predicted molar refractivity (Wildman–Crippen MR) is 89.1 cm³/mol. The Balaban J connectivity index is 2.98. The first-order valence-corrected chi connectivity index (χ1v) is 7.98. The number of ether oxygens (including phenoxy) is 1. The second-order valence-corrected chi connectivity index (χ2v) is 5.65. The molecule has 0 aliphatic rings. The summed E-state index contributed by atoms with van der Waals surface area (Å²) in [6.45, 7) is 10.3. The quantitative estimate of drug-likeness (QED) is 0.690. The molecule has 1 aromatic rings. The molecule has 21 heavy (non-hydrogen) atoms. The number of hydrogen-bond donors (Lipinski definition) is 2. The minimum Gasteiger partial charge on any atom is -0.383 e. The highest BCUT2D eigenvalue weighted by atomic mass is 16.5. The Hall–Kier alpha value is -1.36. The molecular formula is C16H30N4O. The van der Waals surface area contributed by atoms with Crippen LogP contribution in [0.15, 0.2) is 6.33 Å². The Bertz CT molecular complexity index is 403. The van der Waals surface area contributed by atoms with Gasteiger partial charge >= 0.3 is 0 Å². The number of rotatable bonds is 10. The van der Waals surface area contributed by atoms with Crippen molar-refractivity contribution in [2.45, 2.75) is 58.9 Å². The van der Waals surface area contributed by atoms with Gasteiger partial charge in [-0.3, -0.25) is 0 Å². The van der Waals surface area contributed by atoms with Gasteiger partial charge in [0, 0.05) is 19.2 Å². The molecule has 1 aromatic heterocycles. The maximum atomic E-state index is 5.30. The van der Waals surface area contributed by atoms with E-state index in [1.54, 1.807) is 13.4 Å². The first-order chi connectivity index (χ1) is 10.1. The van der Waals surface area contributed by atoms with Crippen molar-refractivity contribution in [3.63, 3.8) is 0 Å². The summed E-state index contributed by atoms with van der Waals surface area (Å²) >= 11 is 0. The second-order valence-electron chi connectivity index (χ2n) is 5.65. The van der Waals surface area contributed by atoms with Crippen LogP contribution in [0.2, 0.25) is 0 Å². The van der Waals surface area contributed by atoms with Crippen LogP contribution in [-0.2, 0) is 4.74 Å². The van der Waals surface area contributed by atoms with E-state index in [1.807, 2.05) is 0 Å². The van der Waals surface area contributed by atoms with Gasteiger partial charge in [-0.25, -0.2) is 9.97 Å². The van der Waals surface area contributed by atoms with Gasteiger partial charge in [-0.15, -0.1) is 0 Å². The molecule has 0 saturated carbocycles. The molecule has 0 aliphatic heterocycles. The van der Waals surface area contributed by atoms with Gasteiger partial charge in [0.1, 0.15) is 18.0 Å². The van der Waals surface area contributed by atoms with Crippen molar-refractivity contribution in [1.29, 1.82) is 0 Å². The number of hydrogen-bond acceptors (Lipinski definition) is 5. The van der Waals surface area contributed by atoms with E-state index in [1.165, 1.54) is 0 Å². The lowest BCUT2D eigenvalue weighted by molar-refractivity contribution is 0.182. The third-order valence-corrected chi connectivity index (χ3v) is 3.35. The molecule has 5 heteroatoms. The number of methoxy groups -OCH3 is 1. The van der Waals surface area contributed by atoms with Crippen LogP contribution in [0, 0.1) is 0 Å². The van der Waals surface area contributed by atoms with Gasteiger partial charge in [-0.2, -0.15) is 0 Å². The molecule has 5 nitrogen and oxygen atoms in total. The van der Waals surface area contributed by atoms with Crippen LogP contribution in [0.4, 0.5) is 11.6 Å². The molecule has 1 rings (SSSR count). The molecule has 120 valence electrons. The summed E-state index contributed by atoms with van der Waals surface area (Å²) in [5, 5.41) is 6.93. The summed E-state index contributed by atoms with van der Waals surface area (Å²) in [5.74, 6) is 2.23. The van der Waals surface area contributed by atoms with E-state index in [0.29, 0.717) is 12.5 Å². The molecule has 0 saturated heterocycles. The van der Waals surface area contributed by atoms with Crippen molar-refractivity contribution in [1.82, 2.24) is 9.97 Å². The van der Waals surface area contributed by atoms with Gasteiger partial charge in [0.25, 0.3) is 0 Å². The van der Waals surface area contributed by atoms with Crippen molar-refractivity contribution in [3.05, 3.63) is 11.9 Å². The molecule has 1 unspecified atom stereocenters. The van der Waals surface area contributed by atoms with E-state index in [4.69, 9.17) is 4.74 Å². The van der Waals surface area contributed by atoms with Gasteiger partial charge in [0.15, 0.2) is 0 Å². The highest BCUT2D eigenvalue weighted by molar-refractivity contribution is 5.59. The van der Waals surface area contributed by atoms with Crippen LogP contribution in [0.25, 0.3) is 0 Å². The van der Waals surface area contributed by atoms with Crippen LogP contribution >= 0.6 is 0 Å². The van der Waals surface area contributed by atoms with Crippen LogP contribution in [0.5, 0.6) is 0 Å². The van der Waals surface area contributed by atoms with Crippen molar-refractivity contribution >= 4 is 11.6 Å². The Kier molecular flexibility index (Phi) is 8.05. The lowest BCUT2D eigenvalue weighted by Gasteiger charge is -2.22. The number of aromatic nitrogens is 2. The fourth-order valence-corrected chi connectivity index (χ4v) is 2.38. The van der Waals surface area contributed by atoms with E-state index in [-0.39, 0.29) is 6.04 Å². The Morgan fingerprint density at radius 2 is 1.86 bits per heavy atom.